The molecule has 0 aromatic carbocycles. The van der Waals surface area contributed by atoms with Gasteiger partial charge in [0.15, 0.2) is 0 Å². The van der Waals surface area contributed by atoms with E-state index in [-0.39, 0.29) is 23.9 Å². The number of hydrogen-bond acceptors (Lipinski definition) is 4. The fourth-order valence-corrected chi connectivity index (χ4v) is 2.32. The lowest BCUT2D eigenvalue weighted by atomic mass is 9.90. The molecule has 17 heavy (non-hydrogen) atoms. The van der Waals surface area contributed by atoms with Gasteiger partial charge in [-0.3, -0.25) is 0 Å². The highest BCUT2D eigenvalue weighted by Crippen LogP contribution is 2.17. The topological polar surface area (TPSA) is 81.4 Å². The van der Waals surface area contributed by atoms with E-state index in [4.69, 9.17) is 10.5 Å². The highest BCUT2D eigenvalue weighted by molar-refractivity contribution is 7.89. The van der Waals surface area contributed by atoms with Gasteiger partial charge in [-0.1, -0.05) is 13.8 Å². The van der Waals surface area contributed by atoms with Crippen LogP contribution >= 0.6 is 0 Å². The molecule has 0 heterocycles. The van der Waals surface area contributed by atoms with Crippen molar-refractivity contribution < 1.29 is 13.2 Å². The molecule has 5 nitrogen and oxygen atoms in total. The second-order valence-corrected chi connectivity index (χ2v) is 7.19. The summed E-state index contributed by atoms with van der Waals surface area (Å²) in [7, 11) is -3.24. The lowest BCUT2D eigenvalue weighted by Gasteiger charge is -2.24. The molecule has 6 heteroatoms. The van der Waals surface area contributed by atoms with Crippen LogP contribution in [0.2, 0.25) is 0 Å². The molecule has 0 amide bonds. The Morgan fingerprint density at radius 1 is 1.35 bits per heavy atom. The molecule has 0 aromatic heterocycles. The van der Waals surface area contributed by atoms with Crippen molar-refractivity contribution in [1.29, 1.82) is 0 Å². The number of rotatable bonds is 9. The molecule has 0 aliphatic rings. The lowest BCUT2D eigenvalue weighted by Crippen LogP contribution is -2.37. The summed E-state index contributed by atoms with van der Waals surface area (Å²) >= 11 is 0. The van der Waals surface area contributed by atoms with Crippen LogP contribution in [0.4, 0.5) is 0 Å². The minimum absolute atomic E-state index is 0.00385. The van der Waals surface area contributed by atoms with Gasteiger partial charge in [0.05, 0.1) is 18.5 Å². The zero-order valence-corrected chi connectivity index (χ0v) is 12.1. The SMILES string of the molecule is CC(C)OCCS(=O)(=O)NCC(C)(C)CCN. The standard InChI is InChI=1S/C11H26N2O3S/c1-10(2)16-7-8-17(14,15)13-9-11(3,4)5-6-12/h10,13H,5-9,12H2,1-4H3. The molecule has 0 spiro atoms. The van der Waals surface area contributed by atoms with Crippen LogP contribution < -0.4 is 10.5 Å². The van der Waals surface area contributed by atoms with Gasteiger partial charge in [0.2, 0.25) is 10.0 Å². The van der Waals surface area contributed by atoms with Crippen molar-refractivity contribution >= 4 is 10.0 Å². The number of ether oxygens (including phenoxy) is 1. The van der Waals surface area contributed by atoms with E-state index in [0.29, 0.717) is 13.1 Å². The Morgan fingerprint density at radius 2 is 1.94 bits per heavy atom. The average Bonchev–Trinajstić information content (AvgIpc) is 2.14. The maximum absolute atomic E-state index is 11.6. The zero-order chi connectivity index (χ0) is 13.5. The molecule has 0 atom stereocenters. The molecule has 0 saturated carbocycles. The number of hydrogen-bond donors (Lipinski definition) is 2. The zero-order valence-electron chi connectivity index (χ0n) is 11.3. The van der Waals surface area contributed by atoms with E-state index in [2.05, 4.69) is 4.72 Å². The summed E-state index contributed by atoms with van der Waals surface area (Å²) in [5, 5.41) is 0. The summed E-state index contributed by atoms with van der Waals surface area (Å²) in [6.45, 7) is 8.94. The number of sulfonamides is 1. The van der Waals surface area contributed by atoms with Gasteiger partial charge in [-0.15, -0.1) is 0 Å². The van der Waals surface area contributed by atoms with Gasteiger partial charge in [-0.05, 0) is 32.2 Å². The molecule has 0 rings (SSSR count). The summed E-state index contributed by atoms with van der Waals surface area (Å²) in [6, 6.07) is 0. The van der Waals surface area contributed by atoms with Gasteiger partial charge < -0.3 is 10.5 Å². The van der Waals surface area contributed by atoms with Crippen molar-refractivity contribution in [3.63, 3.8) is 0 Å². The molecular weight excluding hydrogens is 240 g/mol. The van der Waals surface area contributed by atoms with E-state index in [1.54, 1.807) is 0 Å². The first kappa shape index (κ1) is 16.8. The number of nitrogens with two attached hydrogens (primary N) is 1. The van der Waals surface area contributed by atoms with E-state index in [1.165, 1.54) is 0 Å². The first-order valence-corrected chi connectivity index (χ1v) is 7.63. The van der Waals surface area contributed by atoms with Gasteiger partial charge >= 0.3 is 0 Å². The second kappa shape index (κ2) is 7.31. The van der Waals surface area contributed by atoms with E-state index in [9.17, 15) is 8.42 Å². The molecule has 0 fully saturated rings. The van der Waals surface area contributed by atoms with Gasteiger partial charge in [0.25, 0.3) is 0 Å². The Hall–Kier alpha value is -0.170. The van der Waals surface area contributed by atoms with Crippen LogP contribution in [0, 0.1) is 5.41 Å². The summed E-state index contributed by atoms with van der Waals surface area (Å²) in [4.78, 5) is 0. The molecule has 104 valence electrons. The third-order valence-corrected chi connectivity index (χ3v) is 3.68. The molecule has 0 unspecified atom stereocenters. The Kier molecular flexibility index (Phi) is 7.23. The van der Waals surface area contributed by atoms with Crippen LogP contribution in [0.3, 0.4) is 0 Å². The lowest BCUT2D eigenvalue weighted by molar-refractivity contribution is 0.0911. The Morgan fingerprint density at radius 3 is 2.41 bits per heavy atom. The maximum Gasteiger partial charge on any atom is 0.213 e. The summed E-state index contributed by atoms with van der Waals surface area (Å²) in [6.07, 6.45) is 0.844. The summed E-state index contributed by atoms with van der Waals surface area (Å²) < 4.78 is 31.1. The van der Waals surface area contributed by atoms with Crippen LogP contribution in [0.1, 0.15) is 34.1 Å². The molecular formula is C11H26N2O3S. The van der Waals surface area contributed by atoms with Crippen molar-refractivity contribution in [2.45, 2.75) is 40.2 Å². The van der Waals surface area contributed by atoms with Crippen molar-refractivity contribution in [1.82, 2.24) is 4.72 Å². The van der Waals surface area contributed by atoms with Crippen molar-refractivity contribution in [2.24, 2.45) is 11.1 Å². The van der Waals surface area contributed by atoms with Crippen LogP contribution in [-0.2, 0) is 14.8 Å². The predicted molar refractivity (Wildman–Crippen MR) is 70.3 cm³/mol. The quantitative estimate of drug-likeness (QED) is 0.644. The molecule has 3 N–H and O–H groups in total. The monoisotopic (exact) mass is 266 g/mol. The van der Waals surface area contributed by atoms with Crippen LogP contribution in [0.15, 0.2) is 0 Å². The minimum atomic E-state index is -3.24. The molecule has 0 saturated heterocycles. The predicted octanol–water partition coefficient (Wildman–Crippen LogP) is 0.706. The Labute approximate surface area is 105 Å². The molecule has 0 bridgehead atoms. The van der Waals surface area contributed by atoms with E-state index < -0.39 is 10.0 Å². The molecule has 0 aromatic rings. The van der Waals surface area contributed by atoms with Crippen LogP contribution in [-0.4, -0.2) is 40.0 Å². The van der Waals surface area contributed by atoms with E-state index in [1.807, 2.05) is 27.7 Å². The fourth-order valence-electron chi connectivity index (χ4n) is 1.25. The van der Waals surface area contributed by atoms with Gasteiger partial charge in [0.1, 0.15) is 0 Å². The summed E-state index contributed by atoms with van der Waals surface area (Å²) in [5.74, 6) is 0.00385. The van der Waals surface area contributed by atoms with E-state index >= 15 is 0 Å². The molecule has 0 aliphatic heterocycles. The first-order valence-electron chi connectivity index (χ1n) is 5.97. The third-order valence-electron chi connectivity index (χ3n) is 2.39. The van der Waals surface area contributed by atoms with Gasteiger partial charge in [-0.2, -0.15) is 0 Å². The second-order valence-electron chi connectivity index (χ2n) is 5.26. The average molecular weight is 266 g/mol. The fraction of sp³-hybridized carbons (Fsp3) is 1.00. The van der Waals surface area contributed by atoms with E-state index in [0.717, 1.165) is 6.42 Å². The van der Waals surface area contributed by atoms with Crippen molar-refractivity contribution in [3.8, 4) is 0 Å². The van der Waals surface area contributed by atoms with Gasteiger partial charge in [-0.25, -0.2) is 13.1 Å². The van der Waals surface area contributed by atoms with Crippen LogP contribution in [0.5, 0.6) is 0 Å². The summed E-state index contributed by atoms with van der Waals surface area (Å²) in [5.41, 5.74) is 5.36. The van der Waals surface area contributed by atoms with Crippen molar-refractivity contribution in [2.75, 3.05) is 25.4 Å². The first-order chi connectivity index (χ1) is 7.68. The smallest absolute Gasteiger partial charge is 0.213 e. The molecule has 0 radical (unpaired) electrons. The van der Waals surface area contributed by atoms with Crippen molar-refractivity contribution in [3.05, 3.63) is 0 Å². The minimum Gasteiger partial charge on any atom is -0.378 e. The highest BCUT2D eigenvalue weighted by Gasteiger charge is 2.20. The van der Waals surface area contributed by atoms with Gasteiger partial charge in [0, 0.05) is 6.54 Å². The largest absolute Gasteiger partial charge is 0.378 e. The maximum atomic E-state index is 11.6. The Bertz CT molecular complexity index is 300. The Balaban J connectivity index is 4.01. The molecule has 0 aliphatic carbocycles. The highest BCUT2D eigenvalue weighted by atomic mass is 32.2. The van der Waals surface area contributed by atoms with Crippen LogP contribution in [0.25, 0.3) is 0 Å². The third kappa shape index (κ3) is 9.52. The normalized spacial score (nSPS) is 13.3. The number of nitrogens with one attached hydrogen (secondary N) is 1.